The minimum absolute atomic E-state index is 0.288. The molecule has 2 fully saturated rings. The van der Waals surface area contributed by atoms with Gasteiger partial charge >= 0.3 is 0 Å². The Morgan fingerprint density at radius 2 is 1.77 bits per heavy atom. The number of piperidine rings is 1. The smallest absolute Gasteiger partial charge is 0.236 e. The fourth-order valence-corrected chi connectivity index (χ4v) is 3.94. The van der Waals surface area contributed by atoms with Crippen LogP contribution in [0.3, 0.4) is 0 Å². The van der Waals surface area contributed by atoms with Crippen LogP contribution in [-0.4, -0.2) is 61.6 Å². The summed E-state index contributed by atoms with van der Waals surface area (Å²) in [5, 5.41) is 0. The molecule has 2 aliphatic rings. The van der Waals surface area contributed by atoms with Gasteiger partial charge in [0.25, 0.3) is 0 Å². The molecule has 0 saturated carbocycles. The second-order valence-corrected chi connectivity index (χ2v) is 7.66. The quantitative estimate of drug-likeness (QED) is 0.812. The van der Waals surface area contributed by atoms with Crippen LogP contribution in [0.4, 0.5) is 0 Å². The minimum atomic E-state index is 0.288. The van der Waals surface area contributed by atoms with Gasteiger partial charge < -0.3 is 9.64 Å². The van der Waals surface area contributed by atoms with E-state index in [4.69, 9.17) is 4.74 Å². The molecule has 0 radical (unpaired) electrons. The average Bonchev–Trinajstić information content (AvgIpc) is 2.65. The van der Waals surface area contributed by atoms with Crippen LogP contribution in [0.1, 0.15) is 36.0 Å². The molecule has 2 aliphatic heterocycles. The lowest BCUT2D eigenvalue weighted by Crippen LogP contribution is -2.47. The zero-order valence-corrected chi connectivity index (χ0v) is 16.2. The molecule has 1 aromatic carbocycles. The minimum Gasteiger partial charge on any atom is -0.379 e. The van der Waals surface area contributed by atoms with Crippen molar-refractivity contribution in [1.29, 1.82) is 0 Å². The normalized spacial score (nSPS) is 20.0. The fourth-order valence-electron chi connectivity index (χ4n) is 3.94. The molecule has 26 heavy (non-hydrogen) atoms. The van der Waals surface area contributed by atoms with Crippen LogP contribution in [0, 0.1) is 19.8 Å². The zero-order chi connectivity index (χ0) is 18.4. The number of benzene rings is 1. The van der Waals surface area contributed by atoms with E-state index in [1.54, 1.807) is 0 Å². The Balaban J connectivity index is 1.42. The first-order valence-corrected chi connectivity index (χ1v) is 9.94. The van der Waals surface area contributed by atoms with E-state index < -0.39 is 0 Å². The topological polar surface area (TPSA) is 32.8 Å². The number of allylic oxidation sites excluding steroid dienone is 1. The lowest BCUT2D eigenvalue weighted by atomic mass is 9.92. The maximum atomic E-state index is 12.5. The Labute approximate surface area is 157 Å². The molecule has 0 spiro atoms. The van der Waals surface area contributed by atoms with Gasteiger partial charge in [-0.2, -0.15) is 0 Å². The summed E-state index contributed by atoms with van der Waals surface area (Å²) in [7, 11) is 0. The molecule has 0 bridgehead atoms. The number of ether oxygens (including phenoxy) is 1. The van der Waals surface area contributed by atoms with Gasteiger partial charge in [-0.3, -0.25) is 9.69 Å². The highest BCUT2D eigenvalue weighted by atomic mass is 16.5. The molecule has 0 aliphatic carbocycles. The Morgan fingerprint density at radius 3 is 2.42 bits per heavy atom. The molecule has 0 N–H and O–H groups in total. The summed E-state index contributed by atoms with van der Waals surface area (Å²) in [6.45, 7) is 9.98. The van der Waals surface area contributed by atoms with Crippen molar-refractivity contribution in [3.63, 3.8) is 0 Å². The van der Waals surface area contributed by atoms with E-state index in [0.717, 1.165) is 58.7 Å². The first kappa shape index (κ1) is 19.1. The Morgan fingerprint density at radius 1 is 1.12 bits per heavy atom. The average molecular weight is 357 g/mol. The van der Waals surface area contributed by atoms with Crippen LogP contribution in [0.5, 0.6) is 0 Å². The standard InChI is InChI=1S/C22H32N2O2/c1-18-5-3-6-19(2)21(18)8-4-7-20-9-11-24(12-10-20)22(25)17-23-13-15-26-16-14-23/h3-6,8,20H,7,9-17H2,1-2H3. The SMILES string of the molecule is Cc1cccc(C)c1C=CCC1CCN(C(=O)CN2CCOCC2)CC1. The van der Waals surface area contributed by atoms with Crippen LogP contribution in [0.25, 0.3) is 6.08 Å². The van der Waals surface area contributed by atoms with Crippen molar-refractivity contribution in [3.8, 4) is 0 Å². The number of nitrogens with zero attached hydrogens (tertiary/aromatic N) is 2. The highest BCUT2D eigenvalue weighted by Gasteiger charge is 2.24. The first-order valence-electron chi connectivity index (χ1n) is 9.94. The number of hydrogen-bond donors (Lipinski definition) is 0. The number of amides is 1. The lowest BCUT2D eigenvalue weighted by Gasteiger charge is -2.34. The third kappa shape index (κ3) is 5.18. The fraction of sp³-hybridized carbons (Fsp3) is 0.591. The van der Waals surface area contributed by atoms with E-state index in [2.05, 4.69) is 54.0 Å². The maximum Gasteiger partial charge on any atom is 0.236 e. The Hall–Kier alpha value is -1.65. The van der Waals surface area contributed by atoms with Gasteiger partial charge in [-0.1, -0.05) is 30.4 Å². The highest BCUT2D eigenvalue weighted by molar-refractivity contribution is 5.78. The van der Waals surface area contributed by atoms with Crippen LogP contribution in [-0.2, 0) is 9.53 Å². The Bertz CT molecular complexity index is 607. The van der Waals surface area contributed by atoms with Gasteiger partial charge in [0.2, 0.25) is 5.91 Å². The molecule has 0 aromatic heterocycles. The second-order valence-electron chi connectivity index (χ2n) is 7.66. The zero-order valence-electron chi connectivity index (χ0n) is 16.2. The van der Waals surface area contributed by atoms with Crippen molar-refractivity contribution in [2.75, 3.05) is 45.9 Å². The van der Waals surface area contributed by atoms with Crippen molar-refractivity contribution in [2.45, 2.75) is 33.1 Å². The Kier molecular flexibility index (Phi) is 6.86. The van der Waals surface area contributed by atoms with E-state index in [-0.39, 0.29) is 5.91 Å². The molecule has 4 heteroatoms. The molecule has 0 unspecified atom stereocenters. The van der Waals surface area contributed by atoms with Gasteiger partial charge in [-0.15, -0.1) is 0 Å². The number of rotatable bonds is 5. The van der Waals surface area contributed by atoms with Crippen molar-refractivity contribution in [2.24, 2.45) is 5.92 Å². The number of aryl methyl sites for hydroxylation is 2. The van der Waals surface area contributed by atoms with Crippen LogP contribution < -0.4 is 0 Å². The molecule has 0 atom stereocenters. The second kappa shape index (κ2) is 9.33. The van der Waals surface area contributed by atoms with E-state index >= 15 is 0 Å². The monoisotopic (exact) mass is 356 g/mol. The summed E-state index contributed by atoms with van der Waals surface area (Å²) in [5.74, 6) is 0.986. The summed E-state index contributed by atoms with van der Waals surface area (Å²) in [5.41, 5.74) is 4.03. The number of hydrogen-bond acceptors (Lipinski definition) is 3. The highest BCUT2D eigenvalue weighted by Crippen LogP contribution is 2.23. The van der Waals surface area contributed by atoms with Gasteiger partial charge in [0.1, 0.15) is 0 Å². The molecule has 2 heterocycles. The molecular weight excluding hydrogens is 324 g/mol. The van der Waals surface area contributed by atoms with Gasteiger partial charge in [0.15, 0.2) is 0 Å². The predicted molar refractivity (Wildman–Crippen MR) is 106 cm³/mol. The van der Waals surface area contributed by atoms with Gasteiger partial charge in [-0.25, -0.2) is 0 Å². The maximum absolute atomic E-state index is 12.5. The molecule has 3 rings (SSSR count). The summed E-state index contributed by atoms with van der Waals surface area (Å²) in [6.07, 6.45) is 7.95. The van der Waals surface area contributed by atoms with Crippen molar-refractivity contribution < 1.29 is 9.53 Å². The summed E-state index contributed by atoms with van der Waals surface area (Å²) < 4.78 is 5.35. The van der Waals surface area contributed by atoms with E-state index in [9.17, 15) is 4.79 Å². The molecule has 4 nitrogen and oxygen atoms in total. The summed E-state index contributed by atoms with van der Waals surface area (Å²) in [6, 6.07) is 6.46. The van der Waals surface area contributed by atoms with Crippen molar-refractivity contribution in [1.82, 2.24) is 9.80 Å². The largest absolute Gasteiger partial charge is 0.379 e. The lowest BCUT2D eigenvalue weighted by molar-refractivity contribution is -0.134. The molecule has 142 valence electrons. The number of likely N-dealkylation sites (tertiary alicyclic amines) is 1. The first-order chi connectivity index (χ1) is 12.6. The van der Waals surface area contributed by atoms with E-state index in [1.165, 1.54) is 16.7 Å². The molecular formula is C22H32N2O2. The van der Waals surface area contributed by atoms with Crippen LogP contribution >= 0.6 is 0 Å². The van der Waals surface area contributed by atoms with E-state index in [1.807, 2.05) is 0 Å². The molecule has 2 saturated heterocycles. The van der Waals surface area contributed by atoms with Gasteiger partial charge in [-0.05, 0) is 55.7 Å². The number of carbonyl (C=O) groups excluding carboxylic acids is 1. The van der Waals surface area contributed by atoms with Gasteiger partial charge in [0.05, 0.1) is 19.8 Å². The van der Waals surface area contributed by atoms with Crippen molar-refractivity contribution in [3.05, 3.63) is 41.0 Å². The van der Waals surface area contributed by atoms with Crippen LogP contribution in [0.2, 0.25) is 0 Å². The summed E-state index contributed by atoms with van der Waals surface area (Å²) in [4.78, 5) is 16.7. The predicted octanol–water partition coefficient (Wildman–Crippen LogP) is 3.28. The molecule has 1 amide bonds. The molecule has 1 aromatic rings. The van der Waals surface area contributed by atoms with Gasteiger partial charge in [0, 0.05) is 26.2 Å². The summed E-state index contributed by atoms with van der Waals surface area (Å²) >= 11 is 0. The van der Waals surface area contributed by atoms with Crippen LogP contribution in [0.15, 0.2) is 24.3 Å². The number of morpholine rings is 1. The third-order valence-electron chi connectivity index (χ3n) is 5.73. The number of carbonyl (C=O) groups is 1. The van der Waals surface area contributed by atoms with E-state index in [0.29, 0.717) is 12.5 Å². The van der Waals surface area contributed by atoms with Crippen molar-refractivity contribution >= 4 is 12.0 Å². The third-order valence-corrected chi connectivity index (χ3v) is 5.73.